The molecule has 7 heteroatoms. The molecule has 1 aromatic rings. The lowest BCUT2D eigenvalue weighted by molar-refractivity contribution is 0.0963. The zero-order valence-corrected chi connectivity index (χ0v) is 12.4. The van der Waals surface area contributed by atoms with Gasteiger partial charge in [0.25, 0.3) is 5.91 Å². The lowest BCUT2D eigenvalue weighted by Crippen LogP contribution is -2.29. The number of benzene rings is 1. The summed E-state index contributed by atoms with van der Waals surface area (Å²) in [5.74, 6) is -0.210. The van der Waals surface area contributed by atoms with Gasteiger partial charge in [-0.3, -0.25) is 4.79 Å². The average Bonchev–Trinajstić information content (AvgIpc) is 2.45. The fourth-order valence-corrected chi connectivity index (χ4v) is 2.75. The van der Waals surface area contributed by atoms with Gasteiger partial charge in [0.1, 0.15) is 0 Å². The average molecular weight is 300 g/mol. The van der Waals surface area contributed by atoms with Crippen LogP contribution in [0.2, 0.25) is 0 Å². The topological polar surface area (TPSA) is 95.5 Å². The molecule has 0 aromatic heterocycles. The van der Waals surface area contributed by atoms with Crippen LogP contribution in [-0.2, 0) is 10.0 Å². The van der Waals surface area contributed by atoms with Crippen molar-refractivity contribution in [2.75, 3.05) is 20.2 Å². The predicted octanol–water partition coefficient (Wildman–Crippen LogP) is 0.343. The van der Waals surface area contributed by atoms with E-state index in [0.717, 1.165) is 0 Å². The molecule has 112 valence electrons. The number of aliphatic hydroxyl groups is 1. The van der Waals surface area contributed by atoms with Crippen molar-refractivity contribution in [3.8, 4) is 0 Å². The van der Waals surface area contributed by atoms with E-state index in [1.165, 1.54) is 31.3 Å². The van der Waals surface area contributed by atoms with Crippen molar-refractivity contribution in [1.82, 2.24) is 10.0 Å². The highest BCUT2D eigenvalue weighted by Crippen LogP contribution is 2.11. The third-order valence-corrected chi connectivity index (χ3v) is 4.34. The van der Waals surface area contributed by atoms with E-state index in [9.17, 15) is 13.2 Å². The number of hydrogen-bond donors (Lipinski definition) is 3. The number of hydrogen-bond acceptors (Lipinski definition) is 4. The Morgan fingerprint density at radius 3 is 2.40 bits per heavy atom. The zero-order valence-electron chi connectivity index (χ0n) is 11.6. The normalized spacial score (nSPS) is 12.9. The molecule has 0 aliphatic carbocycles. The van der Waals surface area contributed by atoms with Gasteiger partial charge < -0.3 is 10.4 Å². The lowest BCUT2D eigenvalue weighted by atomic mass is 10.1. The summed E-state index contributed by atoms with van der Waals surface area (Å²) in [6.45, 7) is 2.15. The molecule has 1 rings (SSSR count). The van der Waals surface area contributed by atoms with Crippen LogP contribution in [0.5, 0.6) is 0 Å². The van der Waals surface area contributed by atoms with Gasteiger partial charge in [0.05, 0.1) is 4.90 Å². The Labute approximate surface area is 119 Å². The third-order valence-electron chi connectivity index (χ3n) is 2.90. The largest absolute Gasteiger partial charge is 0.396 e. The molecule has 6 nitrogen and oxygen atoms in total. The van der Waals surface area contributed by atoms with E-state index in [-0.39, 0.29) is 29.9 Å². The predicted molar refractivity (Wildman–Crippen MR) is 75.9 cm³/mol. The highest BCUT2D eigenvalue weighted by molar-refractivity contribution is 7.89. The summed E-state index contributed by atoms with van der Waals surface area (Å²) in [7, 11) is -2.08. The molecule has 0 aliphatic heterocycles. The van der Waals surface area contributed by atoms with Crippen LogP contribution >= 0.6 is 0 Å². The van der Waals surface area contributed by atoms with E-state index < -0.39 is 10.0 Å². The molecule has 0 heterocycles. The molecule has 0 saturated heterocycles. The standard InChI is InChI=1S/C13H20N2O4S/c1-10(7-8-16)9-15-20(18,19)12-5-3-11(4-6-12)13(17)14-2/h3-6,10,15-16H,7-9H2,1-2H3,(H,14,17). The second-order valence-corrected chi connectivity index (χ2v) is 6.34. The van der Waals surface area contributed by atoms with E-state index in [1.807, 2.05) is 6.92 Å². The minimum atomic E-state index is -3.59. The van der Waals surface area contributed by atoms with Gasteiger partial charge in [-0.25, -0.2) is 13.1 Å². The van der Waals surface area contributed by atoms with Crippen LogP contribution in [0.15, 0.2) is 29.2 Å². The van der Waals surface area contributed by atoms with Gasteiger partial charge in [-0.15, -0.1) is 0 Å². The van der Waals surface area contributed by atoms with Crippen molar-refractivity contribution in [3.05, 3.63) is 29.8 Å². The molecule has 0 bridgehead atoms. The van der Waals surface area contributed by atoms with E-state index >= 15 is 0 Å². The molecule has 1 amide bonds. The summed E-state index contributed by atoms with van der Waals surface area (Å²) in [6.07, 6.45) is 0.540. The van der Waals surface area contributed by atoms with Gasteiger partial charge in [-0.1, -0.05) is 6.92 Å². The summed E-state index contributed by atoms with van der Waals surface area (Å²) >= 11 is 0. The van der Waals surface area contributed by atoms with Crippen LogP contribution in [0.1, 0.15) is 23.7 Å². The fourth-order valence-electron chi connectivity index (χ4n) is 1.59. The summed E-state index contributed by atoms with van der Waals surface area (Å²) in [6, 6.07) is 5.71. The Kier molecular flexibility index (Phi) is 6.12. The fraction of sp³-hybridized carbons (Fsp3) is 0.462. The molecule has 1 atom stereocenters. The Bertz CT molecular complexity index is 540. The zero-order chi connectivity index (χ0) is 15.2. The third kappa shape index (κ3) is 4.59. The van der Waals surface area contributed by atoms with Crippen LogP contribution in [0, 0.1) is 5.92 Å². The number of amides is 1. The van der Waals surface area contributed by atoms with Crippen molar-refractivity contribution >= 4 is 15.9 Å². The maximum atomic E-state index is 12.0. The van der Waals surface area contributed by atoms with Crippen LogP contribution in [0.3, 0.4) is 0 Å². The van der Waals surface area contributed by atoms with Gasteiger partial charge in [0.2, 0.25) is 10.0 Å². The van der Waals surface area contributed by atoms with Crippen molar-refractivity contribution in [3.63, 3.8) is 0 Å². The van der Waals surface area contributed by atoms with Crippen molar-refractivity contribution in [1.29, 1.82) is 0 Å². The molecule has 1 unspecified atom stereocenters. The lowest BCUT2D eigenvalue weighted by Gasteiger charge is -2.12. The van der Waals surface area contributed by atoms with Crippen molar-refractivity contribution in [2.24, 2.45) is 5.92 Å². The summed E-state index contributed by atoms with van der Waals surface area (Å²) in [4.78, 5) is 11.5. The smallest absolute Gasteiger partial charge is 0.251 e. The van der Waals surface area contributed by atoms with Crippen LogP contribution in [0.4, 0.5) is 0 Å². The summed E-state index contributed by atoms with van der Waals surface area (Å²) < 4.78 is 26.5. The highest BCUT2D eigenvalue weighted by atomic mass is 32.2. The number of carbonyl (C=O) groups is 1. The SMILES string of the molecule is CNC(=O)c1ccc(S(=O)(=O)NCC(C)CCO)cc1. The minimum Gasteiger partial charge on any atom is -0.396 e. The monoisotopic (exact) mass is 300 g/mol. The van der Waals surface area contributed by atoms with Gasteiger partial charge in [0, 0.05) is 25.8 Å². The van der Waals surface area contributed by atoms with Crippen LogP contribution in [0.25, 0.3) is 0 Å². The number of carbonyl (C=O) groups excluding carboxylic acids is 1. The molecular weight excluding hydrogens is 280 g/mol. The maximum absolute atomic E-state index is 12.0. The summed E-state index contributed by atoms with van der Waals surface area (Å²) in [5.41, 5.74) is 0.403. The first kappa shape index (κ1) is 16.6. The van der Waals surface area contributed by atoms with E-state index in [0.29, 0.717) is 12.0 Å². The van der Waals surface area contributed by atoms with Gasteiger partial charge in [-0.2, -0.15) is 0 Å². The van der Waals surface area contributed by atoms with Gasteiger partial charge in [-0.05, 0) is 36.6 Å². The first-order valence-corrected chi connectivity index (χ1v) is 7.81. The van der Waals surface area contributed by atoms with E-state index in [4.69, 9.17) is 5.11 Å². The number of rotatable bonds is 7. The number of nitrogens with one attached hydrogen (secondary N) is 2. The minimum absolute atomic E-state index is 0.0315. The first-order valence-electron chi connectivity index (χ1n) is 6.33. The van der Waals surface area contributed by atoms with Crippen molar-refractivity contribution in [2.45, 2.75) is 18.2 Å². The summed E-state index contributed by atoms with van der Waals surface area (Å²) in [5, 5.41) is 11.2. The van der Waals surface area contributed by atoms with Crippen molar-refractivity contribution < 1.29 is 18.3 Å². The number of aliphatic hydroxyl groups excluding tert-OH is 1. The van der Waals surface area contributed by atoms with E-state index in [1.54, 1.807) is 0 Å². The highest BCUT2D eigenvalue weighted by Gasteiger charge is 2.15. The van der Waals surface area contributed by atoms with Crippen LogP contribution in [-0.4, -0.2) is 39.6 Å². The molecule has 0 fully saturated rings. The second-order valence-electron chi connectivity index (χ2n) is 4.57. The van der Waals surface area contributed by atoms with Gasteiger partial charge in [0.15, 0.2) is 0 Å². The van der Waals surface area contributed by atoms with Crippen LogP contribution < -0.4 is 10.0 Å². The molecule has 1 aromatic carbocycles. The van der Waals surface area contributed by atoms with E-state index in [2.05, 4.69) is 10.0 Å². The number of sulfonamides is 1. The van der Waals surface area contributed by atoms with Gasteiger partial charge >= 0.3 is 0 Å². The molecule has 20 heavy (non-hydrogen) atoms. The Balaban J connectivity index is 2.75. The molecule has 0 radical (unpaired) electrons. The first-order chi connectivity index (χ1) is 9.40. The molecular formula is C13H20N2O4S. The second kappa shape index (κ2) is 7.37. The Hall–Kier alpha value is -1.44. The quantitative estimate of drug-likeness (QED) is 0.677. The molecule has 0 saturated carbocycles. The Morgan fingerprint density at radius 2 is 1.90 bits per heavy atom. The maximum Gasteiger partial charge on any atom is 0.251 e. The molecule has 3 N–H and O–H groups in total. The molecule has 0 aliphatic rings. The molecule has 0 spiro atoms. The Morgan fingerprint density at radius 1 is 1.30 bits per heavy atom.